The second-order valence-corrected chi connectivity index (χ2v) is 8.73. The van der Waals surface area contributed by atoms with Crippen LogP contribution in [0.5, 0.6) is 0 Å². The van der Waals surface area contributed by atoms with Gasteiger partial charge in [-0.3, -0.25) is 4.99 Å². The molecule has 6 nitrogen and oxygen atoms in total. The van der Waals surface area contributed by atoms with Crippen molar-refractivity contribution in [2.24, 2.45) is 10.9 Å². The van der Waals surface area contributed by atoms with Crippen LogP contribution in [0.1, 0.15) is 32.1 Å². The predicted molar refractivity (Wildman–Crippen MR) is 95.5 cm³/mol. The first-order valence-corrected chi connectivity index (χ1v) is 10.2. The first-order valence-electron chi connectivity index (χ1n) is 9.30. The van der Waals surface area contributed by atoms with Gasteiger partial charge in [0.05, 0.1) is 6.61 Å². The molecule has 3 aliphatic rings. The van der Waals surface area contributed by atoms with Gasteiger partial charge >= 0.3 is 6.18 Å². The molecule has 1 saturated heterocycles. The van der Waals surface area contributed by atoms with Gasteiger partial charge in [-0.1, -0.05) is 31.0 Å². The number of hydrogen-bond acceptors (Lipinski definition) is 7. The third-order valence-corrected chi connectivity index (χ3v) is 6.63. The lowest BCUT2D eigenvalue weighted by atomic mass is 9.90. The molecule has 0 aromatic rings. The topological polar surface area (TPSA) is 74.5 Å². The molecular weight excluding hydrogens is 385 g/mol. The molecule has 2 heterocycles. The SMILES string of the molecule is CN(C)C1=N[C@@H]2[C@@H](O)[C@H](O)C([C@@H](OCC3CCCCC3)C(F)(F)F)O[C@@H]2S1. The molecule has 6 atom stereocenters. The van der Waals surface area contributed by atoms with E-state index < -0.39 is 42.1 Å². The smallest absolute Gasteiger partial charge is 0.388 e. The molecule has 0 amide bonds. The molecule has 0 radical (unpaired) electrons. The summed E-state index contributed by atoms with van der Waals surface area (Å²) < 4.78 is 51.8. The van der Waals surface area contributed by atoms with Crippen molar-refractivity contribution in [3.63, 3.8) is 0 Å². The monoisotopic (exact) mass is 412 g/mol. The second-order valence-electron chi connectivity index (χ2n) is 7.66. The predicted octanol–water partition coefficient (Wildman–Crippen LogP) is 1.99. The van der Waals surface area contributed by atoms with Gasteiger partial charge in [0.25, 0.3) is 0 Å². The van der Waals surface area contributed by atoms with Crippen molar-refractivity contribution in [2.75, 3.05) is 20.7 Å². The number of fused-ring (bicyclic) bond motifs is 1. The summed E-state index contributed by atoms with van der Waals surface area (Å²) >= 11 is 1.15. The van der Waals surface area contributed by atoms with Gasteiger partial charge in [0.1, 0.15) is 29.8 Å². The molecule has 0 bridgehead atoms. The highest BCUT2D eigenvalue weighted by Gasteiger charge is 2.57. The Kier molecular flexibility index (Phi) is 6.62. The minimum Gasteiger partial charge on any atom is -0.388 e. The Morgan fingerprint density at radius 3 is 2.48 bits per heavy atom. The van der Waals surface area contributed by atoms with Gasteiger partial charge < -0.3 is 24.6 Å². The quantitative estimate of drug-likeness (QED) is 0.736. The fraction of sp³-hybridized carbons (Fsp3) is 0.941. The minimum atomic E-state index is -4.71. The normalized spacial score (nSPS) is 36.3. The van der Waals surface area contributed by atoms with E-state index in [9.17, 15) is 23.4 Å². The molecule has 1 saturated carbocycles. The Morgan fingerprint density at radius 1 is 1.22 bits per heavy atom. The summed E-state index contributed by atoms with van der Waals surface area (Å²) in [5, 5.41) is 21.2. The van der Waals surface area contributed by atoms with E-state index in [0.717, 1.165) is 43.9 Å². The zero-order valence-corrected chi connectivity index (χ0v) is 16.2. The molecule has 3 rings (SSSR count). The van der Waals surface area contributed by atoms with E-state index in [1.54, 1.807) is 19.0 Å². The number of hydrogen-bond donors (Lipinski definition) is 2. The standard InChI is InChI=1S/C17H27F3N2O4S/c1-22(2)16-21-10-11(23)12(24)13(26-15(10)27-16)14(17(18,19)20)25-8-9-6-4-3-5-7-9/h9-15,23-24H,3-8H2,1-2H3/t10-,11-,12+,13?,14-,15-/m1/s1. The number of thioether (sulfide) groups is 1. The molecule has 1 unspecified atom stereocenters. The van der Waals surface area contributed by atoms with Crippen LogP contribution in [-0.4, -0.2) is 83.1 Å². The molecule has 10 heteroatoms. The van der Waals surface area contributed by atoms with Gasteiger partial charge in [0, 0.05) is 14.1 Å². The van der Waals surface area contributed by atoms with Crippen molar-refractivity contribution in [2.45, 2.75) is 74.2 Å². The third kappa shape index (κ3) is 4.72. The molecular formula is C17H27F3N2O4S. The number of alkyl halides is 3. The Labute approximate surface area is 161 Å². The zero-order chi connectivity index (χ0) is 19.8. The van der Waals surface area contributed by atoms with Crippen molar-refractivity contribution in [3.05, 3.63) is 0 Å². The summed E-state index contributed by atoms with van der Waals surface area (Å²) in [4.78, 5) is 5.96. The Hall–Kier alpha value is -0.550. The third-order valence-electron chi connectivity index (χ3n) is 5.33. The van der Waals surface area contributed by atoms with Crippen molar-refractivity contribution >= 4 is 16.9 Å². The van der Waals surface area contributed by atoms with Crippen LogP contribution in [0.15, 0.2) is 4.99 Å². The number of aliphatic imine (C=N–C) groups is 1. The van der Waals surface area contributed by atoms with Crippen LogP contribution in [-0.2, 0) is 9.47 Å². The van der Waals surface area contributed by atoms with Gasteiger partial charge in [0.2, 0.25) is 0 Å². The van der Waals surface area contributed by atoms with Crippen LogP contribution in [0.25, 0.3) is 0 Å². The van der Waals surface area contributed by atoms with E-state index in [2.05, 4.69) is 4.99 Å². The van der Waals surface area contributed by atoms with E-state index in [0.29, 0.717) is 5.17 Å². The van der Waals surface area contributed by atoms with Gasteiger partial charge in [-0.15, -0.1) is 0 Å². The number of halogens is 3. The van der Waals surface area contributed by atoms with Gasteiger partial charge in [-0.05, 0) is 18.8 Å². The average Bonchev–Trinajstić information content (AvgIpc) is 3.03. The lowest BCUT2D eigenvalue weighted by Crippen LogP contribution is -2.61. The number of aliphatic hydroxyl groups excluding tert-OH is 2. The Morgan fingerprint density at radius 2 is 1.89 bits per heavy atom. The summed E-state index contributed by atoms with van der Waals surface area (Å²) in [6.45, 7) is -0.0203. The van der Waals surface area contributed by atoms with E-state index in [1.807, 2.05) is 0 Å². The largest absolute Gasteiger partial charge is 0.417 e. The Balaban J connectivity index is 1.71. The molecule has 156 valence electrons. The van der Waals surface area contributed by atoms with Crippen LogP contribution < -0.4 is 0 Å². The van der Waals surface area contributed by atoms with Crippen molar-refractivity contribution in [1.29, 1.82) is 0 Å². The van der Waals surface area contributed by atoms with Crippen LogP contribution in [0.3, 0.4) is 0 Å². The molecule has 2 fully saturated rings. The first kappa shape index (κ1) is 21.2. The first-order chi connectivity index (χ1) is 12.7. The molecule has 0 spiro atoms. The molecule has 2 N–H and O–H groups in total. The van der Waals surface area contributed by atoms with Crippen molar-refractivity contribution < 1.29 is 32.9 Å². The van der Waals surface area contributed by atoms with Crippen molar-refractivity contribution in [1.82, 2.24) is 4.90 Å². The maximum Gasteiger partial charge on any atom is 0.417 e. The molecule has 0 aromatic heterocycles. The number of nitrogens with zero attached hydrogens (tertiary/aromatic N) is 2. The number of ether oxygens (including phenoxy) is 2. The van der Waals surface area contributed by atoms with Crippen LogP contribution in [0.2, 0.25) is 0 Å². The summed E-state index contributed by atoms with van der Waals surface area (Å²) in [7, 11) is 3.49. The highest BCUT2D eigenvalue weighted by molar-refractivity contribution is 8.14. The van der Waals surface area contributed by atoms with E-state index in [-0.39, 0.29) is 12.5 Å². The Bertz CT molecular complexity index is 543. The summed E-state index contributed by atoms with van der Waals surface area (Å²) in [6.07, 6.45) is -7.05. The van der Waals surface area contributed by atoms with Gasteiger partial charge in [-0.25, -0.2) is 0 Å². The van der Waals surface area contributed by atoms with Crippen molar-refractivity contribution in [3.8, 4) is 0 Å². The van der Waals surface area contributed by atoms with E-state index in [4.69, 9.17) is 9.47 Å². The van der Waals surface area contributed by atoms with E-state index in [1.165, 1.54) is 0 Å². The fourth-order valence-electron chi connectivity index (χ4n) is 3.81. The summed E-state index contributed by atoms with van der Waals surface area (Å²) in [5.41, 5.74) is -0.783. The van der Waals surface area contributed by atoms with E-state index >= 15 is 0 Å². The average molecular weight is 412 g/mol. The maximum atomic E-state index is 13.7. The maximum absolute atomic E-state index is 13.7. The van der Waals surface area contributed by atoms with Gasteiger partial charge in [-0.2, -0.15) is 13.2 Å². The zero-order valence-electron chi connectivity index (χ0n) is 15.4. The lowest BCUT2D eigenvalue weighted by Gasteiger charge is -2.42. The van der Waals surface area contributed by atoms with Crippen LogP contribution in [0.4, 0.5) is 13.2 Å². The minimum absolute atomic E-state index is 0.0203. The molecule has 27 heavy (non-hydrogen) atoms. The molecule has 1 aliphatic carbocycles. The number of aliphatic hydroxyl groups is 2. The number of rotatable bonds is 4. The highest BCUT2D eigenvalue weighted by Crippen LogP contribution is 2.41. The molecule has 2 aliphatic heterocycles. The summed E-state index contributed by atoms with van der Waals surface area (Å²) in [5.74, 6) is 0.0894. The lowest BCUT2D eigenvalue weighted by molar-refractivity contribution is -0.286. The fourth-order valence-corrected chi connectivity index (χ4v) is 4.96. The summed E-state index contributed by atoms with van der Waals surface area (Å²) in [6, 6.07) is -0.800. The van der Waals surface area contributed by atoms with Crippen LogP contribution in [0, 0.1) is 5.92 Å². The molecule has 0 aromatic carbocycles. The highest BCUT2D eigenvalue weighted by atomic mass is 32.2. The second kappa shape index (κ2) is 8.44. The van der Waals surface area contributed by atoms with Crippen LogP contribution >= 0.6 is 11.8 Å². The number of amidine groups is 1. The van der Waals surface area contributed by atoms with Gasteiger partial charge in [0.15, 0.2) is 11.3 Å².